The fourth-order valence-corrected chi connectivity index (χ4v) is 3.30. The molecule has 1 aromatic heterocycles. The van der Waals surface area contributed by atoms with Gasteiger partial charge < -0.3 is 10.1 Å². The molecule has 9 nitrogen and oxygen atoms in total. The number of rotatable bonds is 6. The number of carbonyl (C=O) groups excluding carboxylic acids is 4. The van der Waals surface area contributed by atoms with Gasteiger partial charge >= 0.3 is 5.97 Å². The van der Waals surface area contributed by atoms with Crippen LogP contribution in [0.4, 0.5) is 5.69 Å². The predicted molar refractivity (Wildman–Crippen MR) is 108 cm³/mol. The average Bonchev–Trinajstić information content (AvgIpc) is 3.06. The zero-order chi connectivity index (χ0) is 22.2. The van der Waals surface area contributed by atoms with E-state index in [1.54, 1.807) is 36.9 Å². The number of hydrogen-bond acceptors (Lipinski definition) is 6. The van der Waals surface area contributed by atoms with E-state index < -0.39 is 29.8 Å². The molecule has 1 aliphatic rings. The lowest BCUT2D eigenvalue weighted by Crippen LogP contribution is -2.34. The molecule has 0 spiro atoms. The number of nitrogens with zero attached hydrogens (tertiary/aromatic N) is 3. The summed E-state index contributed by atoms with van der Waals surface area (Å²) >= 11 is 0. The van der Waals surface area contributed by atoms with Crippen molar-refractivity contribution in [2.45, 2.75) is 40.2 Å². The van der Waals surface area contributed by atoms with Gasteiger partial charge in [0, 0.05) is 13.6 Å². The van der Waals surface area contributed by atoms with Crippen molar-refractivity contribution in [2.75, 3.05) is 11.9 Å². The molecule has 0 fully saturated rings. The topological polar surface area (TPSA) is 111 Å². The number of hydrogen-bond donors (Lipinski definition) is 1. The van der Waals surface area contributed by atoms with Crippen LogP contribution in [0.25, 0.3) is 0 Å². The van der Waals surface area contributed by atoms with Gasteiger partial charge in [0.2, 0.25) is 0 Å². The number of imide groups is 1. The van der Waals surface area contributed by atoms with E-state index in [4.69, 9.17) is 4.74 Å². The lowest BCUT2D eigenvalue weighted by Gasteiger charge is -2.16. The third kappa shape index (κ3) is 3.96. The van der Waals surface area contributed by atoms with Gasteiger partial charge in [0.1, 0.15) is 0 Å². The van der Waals surface area contributed by atoms with Crippen molar-refractivity contribution in [2.24, 2.45) is 7.05 Å². The van der Waals surface area contributed by atoms with Gasteiger partial charge in [-0.25, -0.2) is 0 Å². The molecule has 2 heterocycles. The number of benzene rings is 1. The summed E-state index contributed by atoms with van der Waals surface area (Å²) in [6.07, 6.45) is -1.24. The third-order valence-electron chi connectivity index (χ3n) is 5.10. The highest BCUT2D eigenvalue weighted by Gasteiger charge is 2.35. The molecular weight excluding hydrogens is 388 g/mol. The number of esters is 1. The Hall–Kier alpha value is -3.49. The number of ether oxygens (including phenoxy) is 1. The van der Waals surface area contributed by atoms with Gasteiger partial charge in [-0.3, -0.25) is 28.8 Å². The Labute approximate surface area is 174 Å². The van der Waals surface area contributed by atoms with Gasteiger partial charge in [-0.05, 0) is 39.8 Å². The number of aryl methyl sites for hydroxylation is 3. The number of carbonyl (C=O) groups is 4. The summed E-state index contributed by atoms with van der Waals surface area (Å²) < 4.78 is 6.81. The summed E-state index contributed by atoms with van der Waals surface area (Å²) in [5.41, 5.74) is 3.54. The number of amides is 3. The molecule has 9 heteroatoms. The summed E-state index contributed by atoms with van der Waals surface area (Å²) in [4.78, 5) is 50.4. The molecule has 1 N–H and O–H groups in total. The first-order valence-corrected chi connectivity index (χ1v) is 9.57. The molecule has 0 aliphatic carbocycles. The molecule has 3 amide bonds. The number of nitrogens with one attached hydrogen (secondary N) is 1. The van der Waals surface area contributed by atoms with Crippen molar-refractivity contribution >= 4 is 29.4 Å². The maximum atomic E-state index is 12.5. The van der Waals surface area contributed by atoms with Crippen molar-refractivity contribution in [3.05, 3.63) is 46.3 Å². The molecule has 0 bridgehead atoms. The molecule has 1 unspecified atom stereocenters. The van der Waals surface area contributed by atoms with Crippen molar-refractivity contribution < 1.29 is 23.9 Å². The van der Waals surface area contributed by atoms with E-state index in [-0.39, 0.29) is 13.0 Å². The Kier molecular flexibility index (Phi) is 5.73. The van der Waals surface area contributed by atoms with Gasteiger partial charge in [0.25, 0.3) is 17.7 Å². The molecule has 1 aromatic carbocycles. The zero-order valence-electron chi connectivity index (χ0n) is 17.6. The SMILES string of the molecule is Cc1ccc2c(c1)C(=O)N(CCC(=O)OC(C)C(=O)Nc1c(C)nn(C)c1C)C2=O. The molecule has 0 saturated carbocycles. The highest BCUT2D eigenvalue weighted by atomic mass is 16.5. The van der Waals surface area contributed by atoms with Gasteiger partial charge in [0.05, 0.1) is 34.6 Å². The normalized spacial score (nSPS) is 14.0. The van der Waals surface area contributed by atoms with Gasteiger partial charge in [-0.1, -0.05) is 11.6 Å². The first kappa shape index (κ1) is 21.2. The van der Waals surface area contributed by atoms with Crippen LogP contribution >= 0.6 is 0 Å². The van der Waals surface area contributed by atoms with Crippen molar-refractivity contribution in [1.82, 2.24) is 14.7 Å². The Morgan fingerprint density at radius 1 is 1.13 bits per heavy atom. The minimum atomic E-state index is -1.04. The van der Waals surface area contributed by atoms with Crippen molar-refractivity contribution in [1.29, 1.82) is 0 Å². The highest BCUT2D eigenvalue weighted by Crippen LogP contribution is 2.24. The summed E-state index contributed by atoms with van der Waals surface area (Å²) in [5, 5.41) is 6.93. The molecule has 0 saturated heterocycles. The van der Waals surface area contributed by atoms with Crippen LogP contribution < -0.4 is 5.32 Å². The van der Waals surface area contributed by atoms with Crippen LogP contribution in [0.1, 0.15) is 51.0 Å². The van der Waals surface area contributed by atoms with Crippen molar-refractivity contribution in [3.63, 3.8) is 0 Å². The number of aromatic nitrogens is 2. The fraction of sp³-hybridized carbons (Fsp3) is 0.381. The standard InChI is InChI=1S/C21H24N4O5/c1-11-6-7-15-16(10-11)21(29)25(20(15)28)9-8-17(26)30-14(4)19(27)22-18-12(2)23-24(5)13(18)3/h6-7,10,14H,8-9H2,1-5H3,(H,22,27). The number of fused-ring (bicyclic) bond motifs is 1. The van der Waals surface area contributed by atoms with E-state index in [1.165, 1.54) is 6.92 Å². The van der Waals surface area contributed by atoms with Crippen LogP contribution in [0.2, 0.25) is 0 Å². The first-order chi connectivity index (χ1) is 14.1. The molecule has 2 aromatic rings. The van der Waals surface area contributed by atoms with Gasteiger partial charge in [-0.2, -0.15) is 5.10 Å². The number of anilines is 1. The summed E-state index contributed by atoms with van der Waals surface area (Å²) in [5.74, 6) is -2.03. The average molecular weight is 412 g/mol. The highest BCUT2D eigenvalue weighted by molar-refractivity contribution is 6.21. The maximum absolute atomic E-state index is 12.5. The second kappa shape index (κ2) is 8.10. The van der Waals surface area contributed by atoms with Crippen LogP contribution in [0.5, 0.6) is 0 Å². The van der Waals surface area contributed by atoms with E-state index >= 15 is 0 Å². The summed E-state index contributed by atoms with van der Waals surface area (Å²) in [7, 11) is 1.77. The van der Waals surface area contributed by atoms with Crippen LogP contribution in [0.3, 0.4) is 0 Å². The fourth-order valence-electron chi connectivity index (χ4n) is 3.30. The van der Waals surface area contributed by atoms with Crippen LogP contribution in [0.15, 0.2) is 18.2 Å². The monoisotopic (exact) mass is 412 g/mol. The summed E-state index contributed by atoms with van der Waals surface area (Å²) in [6.45, 7) is 6.76. The van der Waals surface area contributed by atoms with Crippen LogP contribution in [0, 0.1) is 20.8 Å². The van der Waals surface area contributed by atoms with E-state index in [0.29, 0.717) is 22.5 Å². The maximum Gasteiger partial charge on any atom is 0.308 e. The van der Waals surface area contributed by atoms with E-state index in [1.807, 2.05) is 13.8 Å². The van der Waals surface area contributed by atoms with E-state index in [2.05, 4.69) is 10.4 Å². The van der Waals surface area contributed by atoms with Crippen molar-refractivity contribution in [3.8, 4) is 0 Å². The smallest absolute Gasteiger partial charge is 0.308 e. The molecule has 158 valence electrons. The summed E-state index contributed by atoms with van der Waals surface area (Å²) in [6, 6.07) is 5.02. The van der Waals surface area contributed by atoms with Gasteiger partial charge in [0.15, 0.2) is 6.10 Å². The zero-order valence-corrected chi connectivity index (χ0v) is 17.6. The quantitative estimate of drug-likeness (QED) is 0.573. The van der Waals surface area contributed by atoms with Crippen LogP contribution in [-0.2, 0) is 21.4 Å². The molecule has 1 atom stereocenters. The minimum absolute atomic E-state index is 0.112. The lowest BCUT2D eigenvalue weighted by atomic mass is 10.1. The van der Waals surface area contributed by atoms with E-state index in [9.17, 15) is 19.2 Å². The molecule has 3 rings (SSSR count). The Morgan fingerprint density at radius 2 is 1.80 bits per heavy atom. The Bertz CT molecular complexity index is 1060. The Morgan fingerprint density at radius 3 is 2.43 bits per heavy atom. The molecule has 0 radical (unpaired) electrons. The second-order valence-corrected chi connectivity index (χ2v) is 7.35. The largest absolute Gasteiger partial charge is 0.452 e. The van der Waals surface area contributed by atoms with Gasteiger partial charge in [-0.15, -0.1) is 0 Å². The first-order valence-electron chi connectivity index (χ1n) is 9.57. The molecular formula is C21H24N4O5. The third-order valence-corrected chi connectivity index (χ3v) is 5.10. The molecule has 30 heavy (non-hydrogen) atoms. The van der Waals surface area contributed by atoms with E-state index in [0.717, 1.165) is 16.2 Å². The second-order valence-electron chi connectivity index (χ2n) is 7.35. The minimum Gasteiger partial charge on any atom is -0.452 e. The lowest BCUT2D eigenvalue weighted by molar-refractivity contribution is -0.153. The molecule has 1 aliphatic heterocycles. The Balaban J connectivity index is 1.55. The van der Waals surface area contributed by atoms with Crippen LogP contribution in [-0.4, -0.2) is 51.0 Å². The predicted octanol–water partition coefficient (Wildman–Crippen LogP) is 1.90.